The zero-order valence-corrected chi connectivity index (χ0v) is 14.8. The molecule has 0 aliphatic rings. The van der Waals surface area contributed by atoms with E-state index in [0.717, 1.165) is 17.7 Å². The Kier molecular flexibility index (Phi) is 6.66. The average Bonchev–Trinajstić information content (AvgIpc) is 2.60. The monoisotopic (exact) mass is 364 g/mol. The highest BCUT2D eigenvalue weighted by molar-refractivity contribution is 5.77. The van der Waals surface area contributed by atoms with Crippen molar-refractivity contribution in [2.45, 2.75) is 39.0 Å². The lowest BCUT2D eigenvalue weighted by molar-refractivity contribution is -0.137. The Hall–Kier alpha value is -2.50. The second-order valence-corrected chi connectivity index (χ2v) is 6.54. The molecule has 2 N–H and O–H groups in total. The Bertz CT molecular complexity index is 697. The van der Waals surface area contributed by atoms with Crippen molar-refractivity contribution in [3.05, 3.63) is 65.7 Å². The molecule has 0 bridgehead atoms. The van der Waals surface area contributed by atoms with Gasteiger partial charge in [0.05, 0.1) is 5.56 Å². The van der Waals surface area contributed by atoms with E-state index in [-0.39, 0.29) is 24.3 Å². The van der Waals surface area contributed by atoms with Gasteiger partial charge >= 0.3 is 6.18 Å². The minimum absolute atomic E-state index is 0.105. The summed E-state index contributed by atoms with van der Waals surface area (Å²) in [5, 5.41) is 6.03. The number of amides is 1. The zero-order chi connectivity index (χ0) is 19.2. The Morgan fingerprint density at radius 1 is 1.00 bits per heavy atom. The molecule has 1 amide bonds. The summed E-state index contributed by atoms with van der Waals surface area (Å²) in [5.74, 6) is 0.0340. The van der Waals surface area contributed by atoms with E-state index >= 15 is 0 Å². The fourth-order valence-electron chi connectivity index (χ4n) is 2.49. The Morgan fingerprint density at radius 3 is 2.15 bits per heavy atom. The van der Waals surface area contributed by atoms with Gasteiger partial charge in [-0.2, -0.15) is 13.2 Å². The second-order valence-electron chi connectivity index (χ2n) is 6.54. The van der Waals surface area contributed by atoms with Crippen molar-refractivity contribution in [2.24, 2.45) is 5.92 Å². The third kappa shape index (κ3) is 6.10. The summed E-state index contributed by atoms with van der Waals surface area (Å²) in [6, 6.07) is 14.3. The fraction of sp³-hybridized carbons (Fsp3) is 0.350. The Labute approximate surface area is 151 Å². The number of anilines is 1. The summed E-state index contributed by atoms with van der Waals surface area (Å²) in [5.41, 5.74) is 0.884. The molecule has 0 heterocycles. The van der Waals surface area contributed by atoms with Gasteiger partial charge in [0.25, 0.3) is 0 Å². The number of nitrogens with one attached hydrogen (secondary N) is 2. The first kappa shape index (κ1) is 19.8. The lowest BCUT2D eigenvalue weighted by Crippen LogP contribution is -2.34. The summed E-state index contributed by atoms with van der Waals surface area (Å²) in [4.78, 5) is 12.2. The van der Waals surface area contributed by atoms with Gasteiger partial charge < -0.3 is 10.6 Å². The van der Waals surface area contributed by atoms with Crippen LogP contribution in [0.15, 0.2) is 54.6 Å². The van der Waals surface area contributed by atoms with Gasteiger partial charge in [0.15, 0.2) is 0 Å². The van der Waals surface area contributed by atoms with Crippen LogP contribution in [0.4, 0.5) is 18.9 Å². The average molecular weight is 364 g/mol. The minimum Gasteiger partial charge on any atom is -0.382 e. The molecule has 26 heavy (non-hydrogen) atoms. The molecule has 1 atom stereocenters. The van der Waals surface area contributed by atoms with Crippen molar-refractivity contribution in [3.63, 3.8) is 0 Å². The SMILES string of the molecule is CC(C)[C@H](CC(=O)NCc1ccccc1)Nc1ccc(C(F)(F)F)cc1. The predicted molar refractivity (Wildman–Crippen MR) is 96.6 cm³/mol. The number of rotatable bonds is 7. The number of carbonyl (C=O) groups is 1. The summed E-state index contributed by atoms with van der Waals surface area (Å²) in [7, 11) is 0. The van der Waals surface area contributed by atoms with Crippen LogP contribution in [0.3, 0.4) is 0 Å². The molecule has 0 spiro atoms. The van der Waals surface area contributed by atoms with Crippen molar-refractivity contribution in [3.8, 4) is 0 Å². The molecule has 2 rings (SSSR count). The highest BCUT2D eigenvalue weighted by Crippen LogP contribution is 2.30. The van der Waals surface area contributed by atoms with Gasteiger partial charge in [-0.15, -0.1) is 0 Å². The Balaban J connectivity index is 1.92. The van der Waals surface area contributed by atoms with Crippen LogP contribution in [-0.2, 0) is 17.5 Å². The lowest BCUT2D eigenvalue weighted by atomic mass is 10.00. The van der Waals surface area contributed by atoms with Crippen molar-refractivity contribution in [1.29, 1.82) is 0 Å². The molecular formula is C20H23F3N2O. The second kappa shape index (κ2) is 8.74. The fourth-order valence-corrected chi connectivity index (χ4v) is 2.49. The number of hydrogen-bond acceptors (Lipinski definition) is 2. The normalized spacial score (nSPS) is 12.7. The quantitative estimate of drug-likeness (QED) is 0.737. The maximum atomic E-state index is 12.6. The van der Waals surface area contributed by atoms with Crippen LogP contribution >= 0.6 is 0 Å². The summed E-state index contributed by atoms with van der Waals surface area (Å²) in [6.07, 6.45) is -4.11. The largest absolute Gasteiger partial charge is 0.416 e. The van der Waals surface area contributed by atoms with E-state index in [2.05, 4.69) is 10.6 Å². The zero-order valence-electron chi connectivity index (χ0n) is 14.8. The molecule has 0 radical (unpaired) electrons. The summed E-state index contributed by atoms with van der Waals surface area (Å²) < 4.78 is 37.9. The molecule has 0 saturated carbocycles. The smallest absolute Gasteiger partial charge is 0.382 e. The van der Waals surface area contributed by atoms with Gasteiger partial charge in [-0.3, -0.25) is 4.79 Å². The molecule has 0 saturated heterocycles. The molecule has 140 valence electrons. The van der Waals surface area contributed by atoms with Gasteiger partial charge in [0.1, 0.15) is 0 Å². The highest BCUT2D eigenvalue weighted by Gasteiger charge is 2.30. The third-order valence-corrected chi connectivity index (χ3v) is 4.11. The molecule has 3 nitrogen and oxygen atoms in total. The van der Waals surface area contributed by atoms with E-state index in [9.17, 15) is 18.0 Å². The molecule has 0 aromatic heterocycles. The van der Waals surface area contributed by atoms with E-state index < -0.39 is 11.7 Å². The maximum absolute atomic E-state index is 12.6. The van der Waals surface area contributed by atoms with Crippen LogP contribution in [0.5, 0.6) is 0 Å². The highest BCUT2D eigenvalue weighted by atomic mass is 19.4. The number of alkyl halides is 3. The van der Waals surface area contributed by atoms with Crippen LogP contribution in [0.2, 0.25) is 0 Å². The van der Waals surface area contributed by atoms with Gasteiger partial charge in [-0.1, -0.05) is 44.2 Å². The van der Waals surface area contributed by atoms with Crippen molar-refractivity contribution in [2.75, 3.05) is 5.32 Å². The van der Waals surface area contributed by atoms with E-state index in [1.807, 2.05) is 44.2 Å². The molecule has 0 aliphatic carbocycles. The number of carbonyl (C=O) groups excluding carboxylic acids is 1. The number of benzene rings is 2. The number of hydrogen-bond donors (Lipinski definition) is 2. The van der Waals surface area contributed by atoms with Crippen molar-refractivity contribution in [1.82, 2.24) is 5.32 Å². The molecule has 0 aliphatic heterocycles. The summed E-state index contributed by atoms with van der Waals surface area (Å²) >= 11 is 0. The van der Waals surface area contributed by atoms with Crippen LogP contribution in [0.25, 0.3) is 0 Å². The first-order valence-electron chi connectivity index (χ1n) is 8.50. The van der Waals surface area contributed by atoms with Crippen LogP contribution in [-0.4, -0.2) is 11.9 Å². The van der Waals surface area contributed by atoms with Crippen molar-refractivity contribution >= 4 is 11.6 Å². The molecule has 6 heteroatoms. The lowest BCUT2D eigenvalue weighted by Gasteiger charge is -2.23. The molecule has 2 aromatic rings. The van der Waals surface area contributed by atoms with Crippen LogP contribution in [0, 0.1) is 5.92 Å². The molecule has 0 unspecified atom stereocenters. The summed E-state index contributed by atoms with van der Waals surface area (Å²) in [6.45, 7) is 4.38. The van der Waals surface area contributed by atoms with Crippen molar-refractivity contribution < 1.29 is 18.0 Å². The van der Waals surface area contributed by atoms with E-state index in [1.165, 1.54) is 12.1 Å². The van der Waals surface area contributed by atoms with Gasteiger partial charge in [-0.25, -0.2) is 0 Å². The van der Waals surface area contributed by atoms with Gasteiger partial charge in [-0.05, 0) is 35.7 Å². The molecule has 2 aromatic carbocycles. The van der Waals surface area contributed by atoms with E-state index in [1.54, 1.807) is 0 Å². The number of halogens is 3. The van der Waals surface area contributed by atoms with Crippen LogP contribution < -0.4 is 10.6 Å². The van der Waals surface area contributed by atoms with E-state index in [4.69, 9.17) is 0 Å². The maximum Gasteiger partial charge on any atom is 0.416 e. The third-order valence-electron chi connectivity index (χ3n) is 4.11. The predicted octanol–water partition coefficient (Wildman–Crippen LogP) is 4.85. The molecular weight excluding hydrogens is 341 g/mol. The van der Waals surface area contributed by atoms with Gasteiger partial charge in [0, 0.05) is 24.7 Å². The first-order chi connectivity index (χ1) is 12.3. The molecule has 0 fully saturated rings. The topological polar surface area (TPSA) is 41.1 Å². The Morgan fingerprint density at radius 2 is 1.62 bits per heavy atom. The van der Waals surface area contributed by atoms with E-state index in [0.29, 0.717) is 12.2 Å². The standard InChI is InChI=1S/C20H23F3N2O/c1-14(2)18(12-19(26)24-13-15-6-4-3-5-7-15)25-17-10-8-16(9-11-17)20(21,22)23/h3-11,14,18,25H,12-13H2,1-2H3,(H,24,26)/t18-/m0/s1. The van der Waals surface area contributed by atoms with Crippen LogP contribution in [0.1, 0.15) is 31.4 Å². The first-order valence-corrected chi connectivity index (χ1v) is 8.50. The minimum atomic E-state index is -4.35. The van der Waals surface area contributed by atoms with Gasteiger partial charge in [0.2, 0.25) is 5.91 Å².